The number of rotatable bonds is 4. The lowest BCUT2D eigenvalue weighted by atomic mass is 10.1. The SMILES string of the molecule is FCCNCc1cc2ccc(F)cc2nc1Cl. The highest BCUT2D eigenvalue weighted by Crippen LogP contribution is 2.21. The Morgan fingerprint density at radius 1 is 1.29 bits per heavy atom. The third kappa shape index (κ3) is 2.90. The van der Waals surface area contributed by atoms with E-state index in [1.165, 1.54) is 12.1 Å². The van der Waals surface area contributed by atoms with Crippen LogP contribution in [0.2, 0.25) is 5.15 Å². The van der Waals surface area contributed by atoms with Gasteiger partial charge in [0.15, 0.2) is 0 Å². The van der Waals surface area contributed by atoms with E-state index in [0.29, 0.717) is 17.2 Å². The first kappa shape index (κ1) is 12.2. The number of nitrogens with zero attached hydrogens (tertiary/aromatic N) is 1. The number of hydrogen-bond donors (Lipinski definition) is 1. The molecule has 0 fully saturated rings. The van der Waals surface area contributed by atoms with Crippen molar-refractivity contribution in [2.45, 2.75) is 6.54 Å². The molecule has 17 heavy (non-hydrogen) atoms. The fourth-order valence-corrected chi connectivity index (χ4v) is 1.79. The molecule has 90 valence electrons. The molecule has 0 amide bonds. The summed E-state index contributed by atoms with van der Waals surface area (Å²) in [7, 11) is 0. The molecule has 0 spiro atoms. The molecule has 0 saturated heterocycles. The zero-order valence-corrected chi connectivity index (χ0v) is 9.77. The molecular formula is C12H11ClF2N2. The van der Waals surface area contributed by atoms with Gasteiger partial charge in [-0.3, -0.25) is 0 Å². The van der Waals surface area contributed by atoms with Gasteiger partial charge in [0.1, 0.15) is 17.6 Å². The number of alkyl halides is 1. The van der Waals surface area contributed by atoms with Crippen LogP contribution in [0, 0.1) is 5.82 Å². The molecule has 2 nitrogen and oxygen atoms in total. The molecule has 0 bridgehead atoms. The zero-order valence-electron chi connectivity index (χ0n) is 9.01. The van der Waals surface area contributed by atoms with Gasteiger partial charge in [0.25, 0.3) is 0 Å². The Bertz CT molecular complexity index is 531. The van der Waals surface area contributed by atoms with Crippen molar-refractivity contribution < 1.29 is 8.78 Å². The van der Waals surface area contributed by atoms with E-state index in [9.17, 15) is 8.78 Å². The summed E-state index contributed by atoms with van der Waals surface area (Å²) in [6.07, 6.45) is 0. The molecule has 0 unspecified atom stereocenters. The number of nitrogens with one attached hydrogen (secondary N) is 1. The maximum atomic E-state index is 13.0. The van der Waals surface area contributed by atoms with E-state index in [2.05, 4.69) is 10.3 Å². The maximum absolute atomic E-state index is 13.0. The van der Waals surface area contributed by atoms with E-state index in [1.807, 2.05) is 6.07 Å². The predicted molar refractivity (Wildman–Crippen MR) is 64.4 cm³/mol. The predicted octanol–water partition coefficient (Wildman–Crippen LogP) is 3.09. The van der Waals surface area contributed by atoms with Crippen molar-refractivity contribution >= 4 is 22.5 Å². The van der Waals surface area contributed by atoms with Crippen molar-refractivity contribution in [2.24, 2.45) is 0 Å². The lowest BCUT2D eigenvalue weighted by Crippen LogP contribution is -2.16. The first-order valence-corrected chi connectivity index (χ1v) is 5.60. The number of halogens is 3. The number of hydrogen-bond acceptors (Lipinski definition) is 2. The second-order valence-corrected chi connectivity index (χ2v) is 4.00. The van der Waals surface area contributed by atoms with Gasteiger partial charge in [-0.05, 0) is 18.2 Å². The van der Waals surface area contributed by atoms with Crippen LogP contribution in [0.1, 0.15) is 5.56 Å². The highest BCUT2D eigenvalue weighted by atomic mass is 35.5. The van der Waals surface area contributed by atoms with E-state index in [-0.39, 0.29) is 12.4 Å². The third-order valence-corrected chi connectivity index (χ3v) is 2.72. The van der Waals surface area contributed by atoms with Gasteiger partial charge in [0, 0.05) is 30.1 Å². The van der Waals surface area contributed by atoms with Crippen LogP contribution in [0.15, 0.2) is 24.3 Å². The van der Waals surface area contributed by atoms with Crippen molar-refractivity contribution in [3.05, 3.63) is 40.8 Å². The molecular weight excluding hydrogens is 246 g/mol. The van der Waals surface area contributed by atoms with E-state index in [0.717, 1.165) is 10.9 Å². The molecule has 0 aliphatic rings. The summed E-state index contributed by atoms with van der Waals surface area (Å²) >= 11 is 5.97. The Balaban J connectivity index is 2.31. The zero-order chi connectivity index (χ0) is 12.3. The molecule has 0 atom stereocenters. The fourth-order valence-electron chi connectivity index (χ4n) is 1.57. The second-order valence-electron chi connectivity index (χ2n) is 3.64. The minimum absolute atomic E-state index is 0.276. The van der Waals surface area contributed by atoms with Crippen molar-refractivity contribution in [2.75, 3.05) is 13.2 Å². The van der Waals surface area contributed by atoms with Crippen LogP contribution in [0.3, 0.4) is 0 Å². The normalized spacial score (nSPS) is 11.0. The number of fused-ring (bicyclic) bond motifs is 1. The van der Waals surface area contributed by atoms with Crippen LogP contribution in [0.4, 0.5) is 8.78 Å². The lowest BCUT2D eigenvalue weighted by molar-refractivity contribution is 0.467. The smallest absolute Gasteiger partial charge is 0.134 e. The summed E-state index contributed by atoms with van der Waals surface area (Å²) in [5.74, 6) is -0.343. The summed E-state index contributed by atoms with van der Waals surface area (Å²) in [6, 6.07) is 6.18. The van der Waals surface area contributed by atoms with Gasteiger partial charge in [-0.1, -0.05) is 11.6 Å². The topological polar surface area (TPSA) is 24.9 Å². The van der Waals surface area contributed by atoms with E-state index < -0.39 is 6.67 Å². The van der Waals surface area contributed by atoms with Crippen LogP contribution in [-0.4, -0.2) is 18.2 Å². The van der Waals surface area contributed by atoms with Crippen molar-refractivity contribution in [1.82, 2.24) is 10.3 Å². The van der Waals surface area contributed by atoms with Crippen molar-refractivity contribution in [1.29, 1.82) is 0 Å². The summed E-state index contributed by atoms with van der Waals surface area (Å²) in [6.45, 7) is 0.296. The van der Waals surface area contributed by atoms with Gasteiger partial charge in [-0.2, -0.15) is 0 Å². The molecule has 0 aliphatic carbocycles. The Kier molecular flexibility index (Phi) is 3.86. The van der Waals surface area contributed by atoms with Gasteiger partial charge in [-0.15, -0.1) is 0 Å². The van der Waals surface area contributed by atoms with Crippen LogP contribution in [0.25, 0.3) is 10.9 Å². The molecule has 1 aromatic carbocycles. The van der Waals surface area contributed by atoms with Crippen LogP contribution < -0.4 is 5.32 Å². The lowest BCUT2D eigenvalue weighted by Gasteiger charge is -2.06. The van der Waals surface area contributed by atoms with Gasteiger partial charge in [0.05, 0.1) is 5.52 Å². The van der Waals surface area contributed by atoms with E-state index in [4.69, 9.17) is 11.6 Å². The highest BCUT2D eigenvalue weighted by molar-refractivity contribution is 6.30. The van der Waals surface area contributed by atoms with Gasteiger partial charge in [0.2, 0.25) is 0 Å². The Hall–Kier alpha value is -1.26. The van der Waals surface area contributed by atoms with E-state index >= 15 is 0 Å². The average Bonchev–Trinajstić information content (AvgIpc) is 2.30. The number of aromatic nitrogens is 1. The van der Waals surface area contributed by atoms with Crippen LogP contribution >= 0.6 is 11.6 Å². The van der Waals surface area contributed by atoms with Crippen LogP contribution in [0.5, 0.6) is 0 Å². The maximum Gasteiger partial charge on any atom is 0.134 e. The quantitative estimate of drug-likeness (QED) is 0.672. The molecule has 1 aromatic heterocycles. The molecule has 1 N–H and O–H groups in total. The fraction of sp³-hybridized carbons (Fsp3) is 0.250. The van der Waals surface area contributed by atoms with Gasteiger partial charge in [-0.25, -0.2) is 13.8 Å². The summed E-state index contributed by atoms with van der Waals surface area (Å²) in [4.78, 5) is 4.11. The molecule has 2 rings (SSSR count). The van der Waals surface area contributed by atoms with Gasteiger partial charge < -0.3 is 5.32 Å². The summed E-state index contributed by atoms with van der Waals surface area (Å²) in [5.41, 5.74) is 1.29. The minimum atomic E-state index is -0.427. The highest BCUT2D eigenvalue weighted by Gasteiger charge is 2.05. The van der Waals surface area contributed by atoms with Crippen molar-refractivity contribution in [3.8, 4) is 0 Å². The molecule has 5 heteroatoms. The molecule has 0 saturated carbocycles. The average molecular weight is 257 g/mol. The Morgan fingerprint density at radius 2 is 2.12 bits per heavy atom. The molecule has 2 aromatic rings. The summed E-state index contributed by atoms with van der Waals surface area (Å²) < 4.78 is 24.9. The monoisotopic (exact) mass is 256 g/mol. The molecule has 1 heterocycles. The Labute approximate surface area is 103 Å². The Morgan fingerprint density at radius 3 is 2.88 bits per heavy atom. The second kappa shape index (κ2) is 5.38. The van der Waals surface area contributed by atoms with Gasteiger partial charge >= 0.3 is 0 Å². The molecule has 0 radical (unpaired) electrons. The molecule has 0 aliphatic heterocycles. The summed E-state index contributed by atoms with van der Waals surface area (Å²) in [5, 5.41) is 4.02. The third-order valence-electron chi connectivity index (χ3n) is 2.39. The van der Waals surface area contributed by atoms with E-state index in [1.54, 1.807) is 6.07 Å². The minimum Gasteiger partial charge on any atom is -0.310 e. The first-order valence-electron chi connectivity index (χ1n) is 5.22. The van der Waals surface area contributed by atoms with Crippen LogP contribution in [-0.2, 0) is 6.54 Å². The number of benzene rings is 1. The number of pyridine rings is 1. The first-order chi connectivity index (χ1) is 8.20. The largest absolute Gasteiger partial charge is 0.310 e. The van der Waals surface area contributed by atoms with Crippen molar-refractivity contribution in [3.63, 3.8) is 0 Å². The standard InChI is InChI=1S/C12H11ClF2N2/c13-12-9(7-16-4-3-14)5-8-1-2-10(15)6-11(8)17-12/h1-2,5-6,16H,3-4,7H2.